The van der Waals surface area contributed by atoms with Crippen LogP contribution in [0.3, 0.4) is 0 Å². The van der Waals surface area contributed by atoms with E-state index in [0.717, 1.165) is 5.56 Å². The molecule has 0 aliphatic carbocycles. The van der Waals surface area contributed by atoms with Gasteiger partial charge in [-0.2, -0.15) is 0 Å². The standard InChI is InChI=1S/C17H24ClNO4/c1-16(2,3)23-15(22)19-17(4,5)13(10-14(20)21)11-6-8-12(18)9-7-11/h6-9,13H,10H2,1-5H3,(H,19,22)(H,20,21). The lowest BCUT2D eigenvalue weighted by atomic mass is 9.79. The maximum Gasteiger partial charge on any atom is 0.408 e. The Bertz CT molecular complexity index is 561. The van der Waals surface area contributed by atoms with Crippen LogP contribution >= 0.6 is 11.6 Å². The molecule has 0 fully saturated rings. The van der Waals surface area contributed by atoms with Crippen molar-refractivity contribution in [3.63, 3.8) is 0 Å². The molecular weight excluding hydrogens is 318 g/mol. The molecule has 128 valence electrons. The highest BCUT2D eigenvalue weighted by Crippen LogP contribution is 2.32. The van der Waals surface area contributed by atoms with Crippen molar-refractivity contribution in [2.45, 2.75) is 58.1 Å². The van der Waals surface area contributed by atoms with Gasteiger partial charge < -0.3 is 15.2 Å². The highest BCUT2D eigenvalue weighted by atomic mass is 35.5. The highest BCUT2D eigenvalue weighted by molar-refractivity contribution is 6.30. The van der Waals surface area contributed by atoms with Crippen LogP contribution in [0, 0.1) is 0 Å². The van der Waals surface area contributed by atoms with Gasteiger partial charge in [0.2, 0.25) is 0 Å². The van der Waals surface area contributed by atoms with E-state index in [4.69, 9.17) is 16.3 Å². The zero-order valence-electron chi connectivity index (χ0n) is 14.1. The monoisotopic (exact) mass is 341 g/mol. The Labute approximate surface area is 142 Å². The van der Waals surface area contributed by atoms with Crippen LogP contribution in [-0.2, 0) is 9.53 Å². The molecule has 23 heavy (non-hydrogen) atoms. The van der Waals surface area contributed by atoms with Crippen molar-refractivity contribution in [3.05, 3.63) is 34.9 Å². The average molecular weight is 342 g/mol. The molecule has 5 nitrogen and oxygen atoms in total. The summed E-state index contributed by atoms with van der Waals surface area (Å²) in [5.41, 5.74) is -0.644. The lowest BCUT2D eigenvalue weighted by Gasteiger charge is -2.35. The molecule has 0 spiro atoms. The van der Waals surface area contributed by atoms with Crippen molar-refractivity contribution in [2.24, 2.45) is 0 Å². The fraction of sp³-hybridized carbons (Fsp3) is 0.529. The first-order chi connectivity index (χ1) is 10.4. The van der Waals surface area contributed by atoms with E-state index in [9.17, 15) is 14.7 Å². The lowest BCUT2D eigenvalue weighted by Crippen LogP contribution is -2.50. The Morgan fingerprint density at radius 1 is 1.17 bits per heavy atom. The van der Waals surface area contributed by atoms with Crippen LogP contribution < -0.4 is 5.32 Å². The van der Waals surface area contributed by atoms with Crippen LogP contribution in [0.5, 0.6) is 0 Å². The second-order valence-electron chi connectivity index (χ2n) is 7.05. The summed E-state index contributed by atoms with van der Waals surface area (Å²) in [7, 11) is 0. The van der Waals surface area contributed by atoms with E-state index in [-0.39, 0.29) is 6.42 Å². The molecule has 0 heterocycles. The minimum atomic E-state index is -0.941. The number of ether oxygens (including phenoxy) is 1. The second-order valence-corrected chi connectivity index (χ2v) is 7.49. The van der Waals surface area contributed by atoms with Crippen molar-refractivity contribution in [1.29, 1.82) is 0 Å². The van der Waals surface area contributed by atoms with Gasteiger partial charge >= 0.3 is 12.1 Å². The van der Waals surface area contributed by atoms with E-state index in [1.807, 2.05) is 0 Å². The second kappa shape index (κ2) is 7.21. The van der Waals surface area contributed by atoms with E-state index < -0.39 is 29.1 Å². The number of hydrogen-bond acceptors (Lipinski definition) is 3. The summed E-state index contributed by atoms with van der Waals surface area (Å²) >= 11 is 5.89. The minimum Gasteiger partial charge on any atom is -0.481 e. The Hall–Kier alpha value is -1.75. The third-order valence-corrected chi connectivity index (χ3v) is 3.60. The number of carboxylic acids is 1. The average Bonchev–Trinajstić information content (AvgIpc) is 2.33. The van der Waals surface area contributed by atoms with Gasteiger partial charge in [0.25, 0.3) is 0 Å². The molecular formula is C17H24ClNO4. The van der Waals surface area contributed by atoms with E-state index >= 15 is 0 Å². The zero-order valence-corrected chi connectivity index (χ0v) is 14.9. The number of hydrogen-bond donors (Lipinski definition) is 2. The van der Waals surface area contributed by atoms with Crippen LogP contribution in [0.1, 0.15) is 52.5 Å². The van der Waals surface area contributed by atoms with Crippen LogP contribution in [0.2, 0.25) is 5.02 Å². The van der Waals surface area contributed by atoms with Gasteiger partial charge in [0.05, 0.1) is 6.42 Å². The van der Waals surface area contributed by atoms with Crippen LogP contribution in [0.4, 0.5) is 4.79 Å². The van der Waals surface area contributed by atoms with Crippen LogP contribution in [0.25, 0.3) is 0 Å². The summed E-state index contributed by atoms with van der Waals surface area (Å²) in [5, 5.41) is 12.6. The molecule has 0 saturated carbocycles. The largest absolute Gasteiger partial charge is 0.481 e. The highest BCUT2D eigenvalue weighted by Gasteiger charge is 2.35. The number of carbonyl (C=O) groups is 2. The molecule has 0 bridgehead atoms. The fourth-order valence-corrected chi connectivity index (χ4v) is 2.44. The quantitative estimate of drug-likeness (QED) is 0.841. The first kappa shape index (κ1) is 19.3. The Morgan fingerprint density at radius 3 is 2.13 bits per heavy atom. The first-order valence-corrected chi connectivity index (χ1v) is 7.77. The topological polar surface area (TPSA) is 75.6 Å². The number of aliphatic carboxylic acids is 1. The van der Waals surface area contributed by atoms with Gasteiger partial charge in [-0.1, -0.05) is 23.7 Å². The summed E-state index contributed by atoms with van der Waals surface area (Å²) in [6.45, 7) is 8.87. The predicted octanol–water partition coefficient (Wildman–Crippen LogP) is 4.20. The van der Waals surface area contributed by atoms with Crippen molar-refractivity contribution < 1.29 is 19.4 Å². The van der Waals surface area contributed by atoms with Crippen molar-refractivity contribution in [3.8, 4) is 0 Å². The molecule has 0 aliphatic rings. The first-order valence-electron chi connectivity index (χ1n) is 7.39. The number of alkyl carbamates (subject to hydrolysis) is 1. The molecule has 1 atom stereocenters. The van der Waals surface area contributed by atoms with E-state index in [0.29, 0.717) is 5.02 Å². The Kier molecular flexibility index (Phi) is 6.05. The number of amides is 1. The normalized spacial score (nSPS) is 13.3. The van der Waals surface area contributed by atoms with Crippen molar-refractivity contribution in [2.75, 3.05) is 0 Å². The number of carboxylic acid groups (broad SMARTS) is 1. The van der Waals surface area contributed by atoms with Gasteiger partial charge in [-0.05, 0) is 52.3 Å². The summed E-state index contributed by atoms with van der Waals surface area (Å²) < 4.78 is 5.27. The van der Waals surface area contributed by atoms with E-state index in [1.54, 1.807) is 58.9 Å². The number of benzene rings is 1. The maximum absolute atomic E-state index is 12.0. The van der Waals surface area contributed by atoms with Gasteiger partial charge in [-0.25, -0.2) is 4.79 Å². The zero-order chi connectivity index (χ0) is 17.8. The van der Waals surface area contributed by atoms with Crippen molar-refractivity contribution in [1.82, 2.24) is 5.32 Å². The molecule has 0 saturated heterocycles. The molecule has 1 aromatic carbocycles. The van der Waals surface area contributed by atoms with Gasteiger partial charge in [0.1, 0.15) is 5.60 Å². The number of carbonyl (C=O) groups excluding carboxylic acids is 1. The summed E-state index contributed by atoms with van der Waals surface area (Å²) in [6.07, 6.45) is -0.698. The molecule has 2 N–H and O–H groups in total. The molecule has 1 aromatic rings. The summed E-state index contributed by atoms with van der Waals surface area (Å²) in [5.74, 6) is -1.37. The Balaban J connectivity index is 3.02. The Morgan fingerprint density at radius 2 is 1.70 bits per heavy atom. The number of halogens is 1. The third-order valence-electron chi connectivity index (χ3n) is 3.35. The molecule has 0 aromatic heterocycles. The smallest absolute Gasteiger partial charge is 0.408 e. The number of rotatable bonds is 5. The fourth-order valence-electron chi connectivity index (χ4n) is 2.31. The van der Waals surface area contributed by atoms with Crippen LogP contribution in [-0.4, -0.2) is 28.3 Å². The van der Waals surface area contributed by atoms with Gasteiger partial charge in [0, 0.05) is 16.5 Å². The third kappa shape index (κ3) is 6.48. The molecule has 1 amide bonds. The molecule has 0 aliphatic heterocycles. The van der Waals surface area contributed by atoms with Gasteiger partial charge in [-0.15, -0.1) is 0 Å². The minimum absolute atomic E-state index is 0.121. The van der Waals surface area contributed by atoms with Crippen molar-refractivity contribution >= 4 is 23.7 Å². The molecule has 6 heteroatoms. The van der Waals surface area contributed by atoms with Gasteiger partial charge in [0.15, 0.2) is 0 Å². The molecule has 1 unspecified atom stereocenters. The molecule has 1 rings (SSSR count). The maximum atomic E-state index is 12.0. The van der Waals surface area contributed by atoms with Crippen LogP contribution in [0.15, 0.2) is 24.3 Å². The predicted molar refractivity (Wildman–Crippen MR) is 89.9 cm³/mol. The number of nitrogens with one attached hydrogen (secondary N) is 1. The summed E-state index contributed by atoms with van der Waals surface area (Å²) in [4.78, 5) is 23.3. The lowest BCUT2D eigenvalue weighted by molar-refractivity contribution is -0.137. The summed E-state index contributed by atoms with van der Waals surface area (Å²) in [6, 6.07) is 6.95. The van der Waals surface area contributed by atoms with E-state index in [1.165, 1.54) is 0 Å². The SMILES string of the molecule is CC(C)(C)OC(=O)NC(C)(C)C(CC(=O)O)c1ccc(Cl)cc1. The molecule has 0 radical (unpaired) electrons. The van der Waals surface area contributed by atoms with E-state index in [2.05, 4.69) is 5.32 Å². The van der Waals surface area contributed by atoms with Gasteiger partial charge in [-0.3, -0.25) is 4.79 Å².